The second-order valence-electron chi connectivity index (χ2n) is 8.53. The molecule has 0 bridgehead atoms. The van der Waals surface area contributed by atoms with Crippen molar-refractivity contribution >= 4 is 23.5 Å². The summed E-state index contributed by atoms with van der Waals surface area (Å²) in [6.45, 7) is 2.01. The molecule has 2 aromatic rings. The molecule has 3 aliphatic rings. The molecule has 8 heteroatoms. The van der Waals surface area contributed by atoms with E-state index in [2.05, 4.69) is 15.1 Å². The molecular formula is C23H23FN4O3. The third-order valence-electron chi connectivity index (χ3n) is 6.67. The summed E-state index contributed by atoms with van der Waals surface area (Å²) in [6.07, 6.45) is 0.232. The normalized spacial score (nSPS) is 26.0. The van der Waals surface area contributed by atoms with Crippen molar-refractivity contribution in [3.63, 3.8) is 0 Å². The van der Waals surface area contributed by atoms with Crippen molar-refractivity contribution in [2.45, 2.75) is 19.0 Å². The summed E-state index contributed by atoms with van der Waals surface area (Å²) in [5.74, 6) is -1.43. The predicted octanol–water partition coefficient (Wildman–Crippen LogP) is 1.77. The highest BCUT2D eigenvalue weighted by Crippen LogP contribution is 2.45. The van der Waals surface area contributed by atoms with E-state index < -0.39 is 35.1 Å². The smallest absolute Gasteiger partial charge is 0.331 e. The van der Waals surface area contributed by atoms with Crippen molar-refractivity contribution in [1.82, 2.24) is 15.1 Å². The van der Waals surface area contributed by atoms with Crippen LogP contribution < -0.4 is 10.2 Å². The highest BCUT2D eigenvalue weighted by atomic mass is 19.1. The molecule has 1 spiro atoms. The van der Waals surface area contributed by atoms with Crippen molar-refractivity contribution in [1.29, 1.82) is 0 Å². The molecule has 2 saturated heterocycles. The molecule has 0 aromatic heterocycles. The summed E-state index contributed by atoms with van der Waals surface area (Å²) in [4.78, 5) is 45.2. The molecule has 7 nitrogen and oxygen atoms in total. The highest BCUT2D eigenvalue weighted by Gasteiger charge is 2.62. The monoisotopic (exact) mass is 422 g/mol. The second kappa shape index (κ2) is 7.16. The molecule has 0 aliphatic carbocycles. The van der Waals surface area contributed by atoms with Crippen molar-refractivity contribution in [2.24, 2.45) is 5.41 Å². The first-order valence-electron chi connectivity index (χ1n) is 10.3. The lowest BCUT2D eigenvalue weighted by Gasteiger charge is -2.55. The number of rotatable bonds is 2. The van der Waals surface area contributed by atoms with Crippen LogP contribution in [0.15, 0.2) is 48.5 Å². The first-order chi connectivity index (χ1) is 14.9. The number of anilines is 1. The average Bonchev–Trinajstić information content (AvgIpc) is 2.76. The average molecular weight is 422 g/mol. The summed E-state index contributed by atoms with van der Waals surface area (Å²) >= 11 is 0. The maximum Gasteiger partial charge on any atom is 0.331 e. The van der Waals surface area contributed by atoms with E-state index in [4.69, 9.17) is 0 Å². The van der Waals surface area contributed by atoms with Crippen LogP contribution in [0.5, 0.6) is 0 Å². The summed E-state index contributed by atoms with van der Waals surface area (Å²) < 4.78 is 13.3. The molecule has 2 fully saturated rings. The topological polar surface area (TPSA) is 73.0 Å². The van der Waals surface area contributed by atoms with Gasteiger partial charge in [0.2, 0.25) is 11.8 Å². The van der Waals surface area contributed by atoms with Gasteiger partial charge in [0.1, 0.15) is 5.82 Å². The minimum absolute atomic E-state index is 0.0236. The van der Waals surface area contributed by atoms with Gasteiger partial charge < -0.3 is 9.80 Å². The number of para-hydroxylation sites is 1. The fraction of sp³-hybridized carbons (Fsp3) is 0.348. The minimum Gasteiger partial charge on any atom is -0.364 e. The molecule has 2 atom stereocenters. The first-order valence-corrected chi connectivity index (χ1v) is 10.3. The molecule has 31 heavy (non-hydrogen) atoms. The zero-order chi connectivity index (χ0) is 21.8. The molecule has 1 N–H and O–H groups in total. The van der Waals surface area contributed by atoms with E-state index in [-0.39, 0.29) is 13.0 Å². The lowest BCUT2D eigenvalue weighted by molar-refractivity contribution is -0.154. The fourth-order valence-electron chi connectivity index (χ4n) is 5.06. The second-order valence-corrected chi connectivity index (χ2v) is 8.53. The largest absolute Gasteiger partial charge is 0.364 e. The van der Waals surface area contributed by atoms with E-state index in [1.54, 1.807) is 0 Å². The maximum absolute atomic E-state index is 13.9. The Kier molecular flexibility index (Phi) is 4.55. The zero-order valence-corrected chi connectivity index (χ0v) is 17.2. The van der Waals surface area contributed by atoms with Gasteiger partial charge in [-0.05, 0) is 42.8 Å². The van der Waals surface area contributed by atoms with E-state index >= 15 is 0 Å². The first kappa shape index (κ1) is 19.7. The molecule has 0 saturated carbocycles. The van der Waals surface area contributed by atoms with E-state index in [0.29, 0.717) is 18.7 Å². The van der Waals surface area contributed by atoms with Gasteiger partial charge in [-0.1, -0.05) is 30.3 Å². The number of benzene rings is 2. The van der Waals surface area contributed by atoms with Crippen LogP contribution in [0.2, 0.25) is 0 Å². The Morgan fingerprint density at radius 3 is 2.58 bits per heavy atom. The van der Waals surface area contributed by atoms with Gasteiger partial charge in [-0.15, -0.1) is 0 Å². The molecule has 3 aliphatic heterocycles. The summed E-state index contributed by atoms with van der Waals surface area (Å²) in [5, 5.41) is 2.44. The van der Waals surface area contributed by atoms with Crippen LogP contribution in [0, 0.1) is 11.2 Å². The number of barbiturate groups is 1. The van der Waals surface area contributed by atoms with Crippen molar-refractivity contribution in [2.75, 3.05) is 31.6 Å². The third-order valence-corrected chi connectivity index (χ3v) is 6.67. The quantitative estimate of drug-likeness (QED) is 0.747. The number of imide groups is 2. The lowest BCUT2D eigenvalue weighted by atomic mass is 9.67. The fourth-order valence-corrected chi connectivity index (χ4v) is 5.06. The maximum atomic E-state index is 13.9. The Morgan fingerprint density at radius 1 is 1.06 bits per heavy atom. The van der Waals surface area contributed by atoms with Gasteiger partial charge in [0.15, 0.2) is 5.41 Å². The number of carbonyl (C=O) groups excluding carboxylic acids is 3. The molecule has 0 radical (unpaired) electrons. The molecular weight excluding hydrogens is 399 g/mol. The number of fused-ring (bicyclic) bond motifs is 4. The Balaban J connectivity index is 1.58. The van der Waals surface area contributed by atoms with Crippen LogP contribution in [0.1, 0.15) is 11.1 Å². The number of urea groups is 1. The van der Waals surface area contributed by atoms with Gasteiger partial charge >= 0.3 is 6.03 Å². The third kappa shape index (κ3) is 3.01. The van der Waals surface area contributed by atoms with Gasteiger partial charge in [-0.25, -0.2) is 9.18 Å². The molecule has 2 aromatic carbocycles. The van der Waals surface area contributed by atoms with Gasteiger partial charge in [0.25, 0.3) is 0 Å². The van der Waals surface area contributed by atoms with Crippen LogP contribution in [-0.2, 0) is 22.6 Å². The Hall–Kier alpha value is -3.26. The van der Waals surface area contributed by atoms with E-state index in [1.807, 2.05) is 31.3 Å². The molecule has 4 amide bonds. The summed E-state index contributed by atoms with van der Waals surface area (Å²) in [5.41, 5.74) is 1.16. The number of nitrogens with one attached hydrogen (secondary N) is 1. The number of hydrogen-bond acceptors (Lipinski definition) is 5. The number of likely N-dealkylation sites (N-methyl/N-ethyl adjacent to an activating group) is 1. The van der Waals surface area contributed by atoms with Crippen LogP contribution in [0.3, 0.4) is 0 Å². The number of carbonyl (C=O) groups is 3. The Morgan fingerprint density at radius 2 is 1.81 bits per heavy atom. The van der Waals surface area contributed by atoms with Crippen LogP contribution >= 0.6 is 0 Å². The molecule has 160 valence electrons. The van der Waals surface area contributed by atoms with Crippen LogP contribution in [-0.4, -0.2) is 60.4 Å². The SMILES string of the molecule is CN1CCN2c3ccccc3CC3(C(=O)NC(=O)N(Cc4ccc(F)cc4)C3=O)C2C1. The van der Waals surface area contributed by atoms with Crippen LogP contribution in [0.25, 0.3) is 0 Å². The van der Waals surface area contributed by atoms with Gasteiger partial charge in [0, 0.05) is 25.3 Å². The molecule has 5 rings (SSSR count). The number of halogens is 1. The lowest BCUT2D eigenvalue weighted by Crippen LogP contribution is -2.74. The Bertz CT molecular complexity index is 1070. The number of hydrogen-bond donors (Lipinski definition) is 1. The number of piperazine rings is 1. The number of amides is 4. The van der Waals surface area contributed by atoms with Gasteiger partial charge in [-0.2, -0.15) is 0 Å². The highest BCUT2D eigenvalue weighted by molar-refractivity contribution is 6.20. The summed E-state index contributed by atoms with van der Waals surface area (Å²) in [7, 11) is 1.97. The van der Waals surface area contributed by atoms with E-state index in [9.17, 15) is 18.8 Å². The van der Waals surface area contributed by atoms with Crippen LogP contribution in [0.4, 0.5) is 14.9 Å². The van der Waals surface area contributed by atoms with E-state index in [1.165, 1.54) is 24.3 Å². The summed E-state index contributed by atoms with van der Waals surface area (Å²) in [6, 6.07) is 12.3. The van der Waals surface area contributed by atoms with E-state index in [0.717, 1.165) is 22.7 Å². The number of nitrogens with zero attached hydrogens (tertiary/aromatic N) is 3. The van der Waals surface area contributed by atoms with Gasteiger partial charge in [-0.3, -0.25) is 19.8 Å². The minimum atomic E-state index is -1.41. The van der Waals surface area contributed by atoms with Crippen molar-refractivity contribution in [3.05, 3.63) is 65.5 Å². The predicted molar refractivity (Wildman–Crippen MR) is 112 cm³/mol. The van der Waals surface area contributed by atoms with Gasteiger partial charge in [0.05, 0.1) is 12.6 Å². The molecule has 2 unspecified atom stereocenters. The zero-order valence-electron chi connectivity index (χ0n) is 17.2. The standard InChI is InChI=1S/C23H23FN4O3/c1-26-10-11-27-18-5-3-2-4-16(18)12-23(19(27)14-26)20(29)25-22(31)28(21(23)30)13-15-6-8-17(24)9-7-15/h2-9,19H,10-14H2,1H3,(H,25,29,31). The Labute approximate surface area is 179 Å². The van der Waals surface area contributed by atoms with Crippen molar-refractivity contribution in [3.8, 4) is 0 Å². The van der Waals surface area contributed by atoms with Crippen molar-refractivity contribution < 1.29 is 18.8 Å². The molecule has 3 heterocycles.